The Bertz CT molecular complexity index is 729. The molecule has 1 aliphatic carbocycles. The summed E-state index contributed by atoms with van der Waals surface area (Å²) in [7, 11) is 1.82. The quantitative estimate of drug-likeness (QED) is 0.338. The number of hydrogen-bond acceptors (Lipinski definition) is 2. The van der Waals surface area contributed by atoms with Gasteiger partial charge in [0.05, 0.1) is 6.61 Å². The highest BCUT2D eigenvalue weighted by Crippen LogP contribution is 2.47. The van der Waals surface area contributed by atoms with Crippen molar-refractivity contribution in [1.82, 2.24) is 10.6 Å². The van der Waals surface area contributed by atoms with E-state index in [9.17, 15) is 0 Å². The number of nitrogens with zero attached hydrogens (tertiary/aromatic N) is 1. The number of benzene rings is 2. The summed E-state index contributed by atoms with van der Waals surface area (Å²) in [6, 6.07) is 19.2. The van der Waals surface area contributed by atoms with Gasteiger partial charge in [-0.2, -0.15) is 0 Å². The second-order valence-electron chi connectivity index (χ2n) is 6.83. The topological polar surface area (TPSA) is 45.6 Å². The van der Waals surface area contributed by atoms with Gasteiger partial charge in [-0.15, -0.1) is 24.0 Å². The fraction of sp³-hybridized carbons (Fsp3) is 0.409. The first-order chi connectivity index (χ1) is 12.8. The smallest absolute Gasteiger partial charge is 0.191 e. The lowest BCUT2D eigenvalue weighted by atomic mass is 9.96. The number of nitrogens with one attached hydrogen (secondary N) is 2. The zero-order valence-corrected chi connectivity index (χ0v) is 18.5. The van der Waals surface area contributed by atoms with Gasteiger partial charge in [-0.25, -0.2) is 0 Å². The van der Waals surface area contributed by atoms with Gasteiger partial charge in [-0.3, -0.25) is 4.99 Å². The Morgan fingerprint density at radius 3 is 2.30 bits per heavy atom. The molecule has 1 saturated carbocycles. The Morgan fingerprint density at radius 1 is 1.00 bits per heavy atom. The number of halogens is 1. The van der Waals surface area contributed by atoms with E-state index in [2.05, 4.69) is 70.2 Å². The molecule has 3 rings (SSSR count). The number of ether oxygens (including phenoxy) is 1. The Balaban J connectivity index is 0.00000261. The number of guanidine groups is 1. The van der Waals surface area contributed by atoms with Crippen LogP contribution >= 0.6 is 24.0 Å². The van der Waals surface area contributed by atoms with Gasteiger partial charge in [0.2, 0.25) is 0 Å². The van der Waals surface area contributed by atoms with Gasteiger partial charge in [0.15, 0.2) is 5.96 Å². The first kappa shape index (κ1) is 21.7. The molecule has 1 fully saturated rings. The molecule has 0 spiro atoms. The van der Waals surface area contributed by atoms with Gasteiger partial charge in [-0.1, -0.05) is 54.6 Å². The van der Waals surface area contributed by atoms with Gasteiger partial charge >= 0.3 is 0 Å². The van der Waals surface area contributed by atoms with Crippen molar-refractivity contribution < 1.29 is 4.74 Å². The van der Waals surface area contributed by atoms with Crippen LogP contribution in [0.1, 0.15) is 36.5 Å². The molecule has 0 aromatic heterocycles. The number of hydrogen-bond donors (Lipinski definition) is 2. The third-order valence-corrected chi connectivity index (χ3v) is 5.08. The van der Waals surface area contributed by atoms with Crippen molar-refractivity contribution in [3.05, 3.63) is 71.3 Å². The molecular formula is C22H30IN3O. The molecular weight excluding hydrogens is 449 g/mol. The molecule has 1 aliphatic rings. The molecule has 2 aromatic rings. The summed E-state index contributed by atoms with van der Waals surface area (Å²) in [5.74, 6) is 0.846. The lowest BCUT2D eigenvalue weighted by Crippen LogP contribution is -2.41. The predicted octanol–water partition coefficient (Wildman–Crippen LogP) is 4.24. The summed E-state index contributed by atoms with van der Waals surface area (Å²) < 4.78 is 5.57. The largest absolute Gasteiger partial charge is 0.377 e. The highest BCUT2D eigenvalue weighted by Gasteiger charge is 2.43. The highest BCUT2D eigenvalue weighted by molar-refractivity contribution is 14.0. The minimum atomic E-state index is 0. The van der Waals surface area contributed by atoms with Crippen LogP contribution in [0.15, 0.2) is 59.6 Å². The SMILES string of the molecule is CCOCc1ccccc1CNC(=NC)NCC1(c2ccccc2)CC1.I. The molecule has 0 aliphatic heterocycles. The number of rotatable bonds is 8. The van der Waals surface area contributed by atoms with Gasteiger partial charge in [0.1, 0.15) is 0 Å². The maximum absolute atomic E-state index is 5.57. The van der Waals surface area contributed by atoms with Crippen molar-refractivity contribution >= 4 is 29.9 Å². The third-order valence-electron chi connectivity index (χ3n) is 5.08. The van der Waals surface area contributed by atoms with Crippen LogP contribution in [0.25, 0.3) is 0 Å². The Kier molecular flexibility index (Phi) is 8.57. The lowest BCUT2D eigenvalue weighted by Gasteiger charge is -2.19. The summed E-state index contributed by atoms with van der Waals surface area (Å²) >= 11 is 0. The second kappa shape index (κ2) is 10.7. The van der Waals surface area contributed by atoms with Gasteiger partial charge in [0, 0.05) is 32.2 Å². The van der Waals surface area contributed by atoms with Crippen LogP contribution < -0.4 is 10.6 Å². The zero-order chi connectivity index (χ0) is 18.2. The Hall–Kier alpha value is -1.60. The van der Waals surface area contributed by atoms with E-state index in [1.165, 1.54) is 29.5 Å². The summed E-state index contributed by atoms with van der Waals surface area (Å²) in [4.78, 5) is 4.38. The van der Waals surface area contributed by atoms with Crippen molar-refractivity contribution in [2.75, 3.05) is 20.2 Å². The molecule has 4 nitrogen and oxygen atoms in total. The van der Waals surface area contributed by atoms with Crippen LogP contribution in [0, 0.1) is 0 Å². The van der Waals surface area contributed by atoms with Gasteiger partial charge in [0.25, 0.3) is 0 Å². The zero-order valence-electron chi connectivity index (χ0n) is 16.2. The van der Waals surface area contributed by atoms with Crippen molar-refractivity contribution in [1.29, 1.82) is 0 Å². The van der Waals surface area contributed by atoms with Crippen LogP contribution in [0.3, 0.4) is 0 Å². The van der Waals surface area contributed by atoms with E-state index in [0.717, 1.165) is 25.7 Å². The molecule has 0 heterocycles. The Labute approximate surface area is 179 Å². The molecule has 27 heavy (non-hydrogen) atoms. The normalized spacial score (nSPS) is 15.0. The van der Waals surface area contributed by atoms with Gasteiger partial charge < -0.3 is 15.4 Å². The maximum atomic E-state index is 5.57. The first-order valence-electron chi connectivity index (χ1n) is 9.42. The minimum absolute atomic E-state index is 0. The van der Waals surface area contributed by atoms with E-state index in [0.29, 0.717) is 6.61 Å². The lowest BCUT2D eigenvalue weighted by molar-refractivity contribution is 0.133. The fourth-order valence-electron chi connectivity index (χ4n) is 3.25. The van der Waals surface area contributed by atoms with E-state index in [4.69, 9.17) is 4.74 Å². The molecule has 0 radical (unpaired) electrons. The average Bonchev–Trinajstić information content (AvgIpc) is 3.49. The first-order valence-corrected chi connectivity index (χ1v) is 9.42. The standard InChI is InChI=1S/C22H29N3O.HI/c1-3-26-16-19-10-8-7-9-18(19)15-24-21(23-2)25-17-22(13-14-22)20-11-5-4-6-12-20;/h4-12H,3,13-17H2,1-2H3,(H2,23,24,25);1H. The van der Waals surface area contributed by atoms with E-state index in [1.54, 1.807) is 0 Å². The summed E-state index contributed by atoms with van der Waals surface area (Å²) in [6.45, 7) is 5.05. The third kappa shape index (κ3) is 5.94. The molecule has 0 saturated heterocycles. The fourth-order valence-corrected chi connectivity index (χ4v) is 3.25. The Morgan fingerprint density at radius 2 is 1.67 bits per heavy atom. The van der Waals surface area contributed by atoms with E-state index in [-0.39, 0.29) is 29.4 Å². The van der Waals surface area contributed by atoms with Crippen LogP contribution in [0.4, 0.5) is 0 Å². The summed E-state index contributed by atoms with van der Waals surface area (Å²) in [6.07, 6.45) is 2.47. The molecule has 0 amide bonds. The molecule has 0 bridgehead atoms. The number of aliphatic imine (C=N–C) groups is 1. The average molecular weight is 479 g/mol. The summed E-state index contributed by atoms with van der Waals surface area (Å²) in [5.41, 5.74) is 4.16. The van der Waals surface area contributed by atoms with Crippen molar-refractivity contribution in [2.24, 2.45) is 4.99 Å². The monoisotopic (exact) mass is 479 g/mol. The molecule has 2 N–H and O–H groups in total. The highest BCUT2D eigenvalue weighted by atomic mass is 127. The molecule has 2 aromatic carbocycles. The molecule has 0 unspecified atom stereocenters. The van der Waals surface area contributed by atoms with Crippen LogP contribution in [0.2, 0.25) is 0 Å². The second-order valence-corrected chi connectivity index (χ2v) is 6.83. The molecule has 5 heteroatoms. The van der Waals surface area contributed by atoms with Crippen molar-refractivity contribution in [3.8, 4) is 0 Å². The van der Waals surface area contributed by atoms with Crippen molar-refractivity contribution in [3.63, 3.8) is 0 Å². The molecule has 146 valence electrons. The van der Waals surface area contributed by atoms with Crippen LogP contribution in [-0.4, -0.2) is 26.2 Å². The molecule has 0 atom stereocenters. The van der Waals surface area contributed by atoms with Crippen LogP contribution in [0.5, 0.6) is 0 Å². The van der Waals surface area contributed by atoms with E-state index in [1.807, 2.05) is 14.0 Å². The maximum Gasteiger partial charge on any atom is 0.191 e. The van der Waals surface area contributed by atoms with Crippen molar-refractivity contribution in [2.45, 2.75) is 38.3 Å². The van der Waals surface area contributed by atoms with Crippen LogP contribution in [-0.2, 0) is 23.3 Å². The minimum Gasteiger partial charge on any atom is -0.377 e. The van der Waals surface area contributed by atoms with E-state index < -0.39 is 0 Å². The van der Waals surface area contributed by atoms with E-state index >= 15 is 0 Å². The van der Waals surface area contributed by atoms with Gasteiger partial charge in [-0.05, 0) is 36.5 Å². The summed E-state index contributed by atoms with van der Waals surface area (Å²) in [5, 5.41) is 6.95. The predicted molar refractivity (Wildman–Crippen MR) is 123 cm³/mol.